The Kier molecular flexibility index (Phi) is 3.06. The number of methoxy groups -OCH3 is 2. The quantitative estimate of drug-likeness (QED) is 0.881. The molecule has 1 amide bonds. The number of nitrogens with one attached hydrogen (secondary N) is 1. The minimum atomic E-state index is -0.152. The van der Waals surface area contributed by atoms with E-state index in [0.717, 1.165) is 25.1 Å². The number of hydrogen-bond donors (Lipinski definition) is 1. The topological polar surface area (TPSA) is 50.8 Å². The van der Waals surface area contributed by atoms with E-state index in [9.17, 15) is 4.79 Å². The molecule has 3 rings (SSSR count). The Morgan fingerprint density at radius 2 is 2.21 bits per heavy atom. The van der Waals surface area contributed by atoms with Gasteiger partial charge in [-0.1, -0.05) is 0 Å². The highest BCUT2D eigenvalue weighted by Gasteiger charge is 2.39. The van der Waals surface area contributed by atoms with Gasteiger partial charge in [0.25, 0.3) is 5.91 Å². The third-order valence-electron chi connectivity index (χ3n) is 3.92. The maximum atomic E-state index is 12.6. The second-order valence-electron chi connectivity index (χ2n) is 4.92. The number of ether oxygens (including phenoxy) is 2. The van der Waals surface area contributed by atoms with Crippen LogP contribution in [0, 0.1) is 0 Å². The third-order valence-corrected chi connectivity index (χ3v) is 3.92. The number of hydrogen-bond acceptors (Lipinski definition) is 4. The van der Waals surface area contributed by atoms with E-state index in [1.807, 2.05) is 17.0 Å². The molecule has 0 bridgehead atoms. The third kappa shape index (κ3) is 1.94. The largest absolute Gasteiger partial charge is 0.497 e. The molecule has 0 saturated carbocycles. The van der Waals surface area contributed by atoms with Crippen molar-refractivity contribution < 1.29 is 14.3 Å². The summed E-state index contributed by atoms with van der Waals surface area (Å²) in [5.41, 5.74) is 1.47. The van der Waals surface area contributed by atoms with Crippen LogP contribution in [-0.2, 0) is 4.74 Å². The van der Waals surface area contributed by atoms with Crippen molar-refractivity contribution in [2.24, 2.45) is 0 Å². The highest BCUT2D eigenvalue weighted by Crippen LogP contribution is 2.33. The molecule has 1 fully saturated rings. The number of rotatable bonds is 2. The maximum Gasteiger partial charge on any atom is 0.256 e. The van der Waals surface area contributed by atoms with Crippen LogP contribution in [-0.4, -0.2) is 43.8 Å². The Labute approximate surface area is 112 Å². The zero-order valence-electron chi connectivity index (χ0n) is 11.2. The predicted molar refractivity (Wildman–Crippen MR) is 71.5 cm³/mol. The molecule has 5 heteroatoms. The van der Waals surface area contributed by atoms with Crippen molar-refractivity contribution in [2.45, 2.75) is 25.1 Å². The van der Waals surface area contributed by atoms with Gasteiger partial charge in [0.2, 0.25) is 0 Å². The van der Waals surface area contributed by atoms with Crippen LogP contribution in [0.15, 0.2) is 18.2 Å². The average molecular weight is 262 g/mol. The lowest BCUT2D eigenvalue weighted by Crippen LogP contribution is -2.44. The van der Waals surface area contributed by atoms with Crippen LogP contribution in [0.25, 0.3) is 0 Å². The lowest BCUT2D eigenvalue weighted by molar-refractivity contribution is 0.0420. The molecular formula is C14H18N2O3. The molecule has 1 N–H and O–H groups in total. The molecule has 2 atom stereocenters. The summed E-state index contributed by atoms with van der Waals surface area (Å²) in [5.74, 6) is 0.754. The van der Waals surface area contributed by atoms with E-state index >= 15 is 0 Å². The standard InChI is InChI=1S/C14H18N2O3/c1-18-9-5-6-11-10(8-9)14(17)16-7-3-4-12(16)13(15-11)19-2/h5-6,8,12-13,15H,3-4,7H2,1-2H3. The molecule has 0 radical (unpaired) electrons. The van der Waals surface area contributed by atoms with Crippen LogP contribution < -0.4 is 10.1 Å². The molecule has 2 aliphatic rings. The first kappa shape index (κ1) is 12.3. The monoisotopic (exact) mass is 262 g/mol. The summed E-state index contributed by atoms with van der Waals surface area (Å²) in [7, 11) is 3.28. The van der Waals surface area contributed by atoms with Gasteiger partial charge in [0, 0.05) is 19.3 Å². The molecule has 102 valence electrons. The van der Waals surface area contributed by atoms with Crippen LogP contribution in [0.1, 0.15) is 23.2 Å². The number of anilines is 1. The van der Waals surface area contributed by atoms with Gasteiger partial charge in [-0.3, -0.25) is 4.79 Å². The van der Waals surface area contributed by atoms with Gasteiger partial charge in [-0.2, -0.15) is 0 Å². The minimum Gasteiger partial charge on any atom is -0.497 e. The fourth-order valence-electron chi connectivity index (χ4n) is 2.93. The van der Waals surface area contributed by atoms with Crippen molar-refractivity contribution in [2.75, 3.05) is 26.1 Å². The normalized spacial score (nSPS) is 25.4. The fourth-order valence-corrected chi connectivity index (χ4v) is 2.93. The van der Waals surface area contributed by atoms with Gasteiger partial charge >= 0.3 is 0 Å². The van der Waals surface area contributed by atoms with E-state index in [0.29, 0.717) is 11.3 Å². The van der Waals surface area contributed by atoms with E-state index in [-0.39, 0.29) is 18.2 Å². The summed E-state index contributed by atoms with van der Waals surface area (Å²) in [4.78, 5) is 14.5. The molecule has 0 aromatic heterocycles. The van der Waals surface area contributed by atoms with Gasteiger partial charge in [0.1, 0.15) is 12.0 Å². The van der Waals surface area contributed by atoms with Gasteiger partial charge in [-0.15, -0.1) is 0 Å². The first-order valence-corrected chi connectivity index (χ1v) is 6.53. The first-order valence-electron chi connectivity index (χ1n) is 6.53. The molecule has 2 aliphatic heterocycles. The number of carbonyl (C=O) groups is 1. The molecule has 1 saturated heterocycles. The number of fused-ring (bicyclic) bond motifs is 2. The van der Waals surface area contributed by atoms with E-state index < -0.39 is 0 Å². The van der Waals surface area contributed by atoms with Gasteiger partial charge < -0.3 is 19.7 Å². The van der Waals surface area contributed by atoms with E-state index in [4.69, 9.17) is 9.47 Å². The van der Waals surface area contributed by atoms with Crippen molar-refractivity contribution in [1.29, 1.82) is 0 Å². The van der Waals surface area contributed by atoms with Crippen molar-refractivity contribution in [3.05, 3.63) is 23.8 Å². The fraction of sp³-hybridized carbons (Fsp3) is 0.500. The summed E-state index contributed by atoms with van der Waals surface area (Å²) >= 11 is 0. The van der Waals surface area contributed by atoms with Gasteiger partial charge in [0.05, 0.1) is 18.7 Å². The number of benzene rings is 1. The number of amides is 1. The molecular weight excluding hydrogens is 244 g/mol. The lowest BCUT2D eigenvalue weighted by Gasteiger charge is -2.28. The van der Waals surface area contributed by atoms with Crippen molar-refractivity contribution in [1.82, 2.24) is 4.90 Å². The van der Waals surface area contributed by atoms with E-state index in [2.05, 4.69) is 5.32 Å². The van der Waals surface area contributed by atoms with Crippen LogP contribution >= 0.6 is 0 Å². The predicted octanol–water partition coefficient (Wildman–Crippen LogP) is 1.70. The Bertz CT molecular complexity index is 503. The summed E-state index contributed by atoms with van der Waals surface area (Å²) < 4.78 is 10.7. The first-order chi connectivity index (χ1) is 9.24. The lowest BCUT2D eigenvalue weighted by atomic mass is 10.1. The van der Waals surface area contributed by atoms with Crippen LogP contribution in [0.4, 0.5) is 5.69 Å². The highest BCUT2D eigenvalue weighted by molar-refractivity contribution is 6.01. The Hall–Kier alpha value is -1.75. The molecule has 1 aromatic carbocycles. The van der Waals surface area contributed by atoms with Crippen molar-refractivity contribution in [3.63, 3.8) is 0 Å². The van der Waals surface area contributed by atoms with Crippen molar-refractivity contribution >= 4 is 11.6 Å². The second-order valence-corrected chi connectivity index (χ2v) is 4.92. The smallest absolute Gasteiger partial charge is 0.256 e. The Morgan fingerprint density at radius 1 is 1.37 bits per heavy atom. The molecule has 5 nitrogen and oxygen atoms in total. The van der Waals surface area contributed by atoms with Crippen LogP contribution in [0.5, 0.6) is 5.75 Å². The second kappa shape index (κ2) is 4.74. The van der Waals surface area contributed by atoms with Crippen LogP contribution in [0.3, 0.4) is 0 Å². The molecule has 1 aromatic rings. The van der Waals surface area contributed by atoms with Crippen molar-refractivity contribution in [3.8, 4) is 5.75 Å². The zero-order chi connectivity index (χ0) is 13.4. The molecule has 19 heavy (non-hydrogen) atoms. The highest BCUT2D eigenvalue weighted by atomic mass is 16.5. The molecule has 0 aliphatic carbocycles. The van der Waals surface area contributed by atoms with E-state index in [1.165, 1.54) is 0 Å². The number of nitrogens with zero attached hydrogens (tertiary/aromatic N) is 1. The Morgan fingerprint density at radius 3 is 2.95 bits per heavy atom. The van der Waals surface area contributed by atoms with E-state index in [1.54, 1.807) is 20.3 Å². The molecule has 2 unspecified atom stereocenters. The summed E-state index contributed by atoms with van der Waals surface area (Å²) in [6.07, 6.45) is 1.85. The zero-order valence-corrected chi connectivity index (χ0v) is 11.2. The summed E-state index contributed by atoms with van der Waals surface area (Å²) in [6, 6.07) is 5.62. The minimum absolute atomic E-state index is 0.0588. The average Bonchev–Trinajstić information content (AvgIpc) is 2.89. The summed E-state index contributed by atoms with van der Waals surface area (Å²) in [6.45, 7) is 0.793. The number of carbonyl (C=O) groups excluding carboxylic acids is 1. The van der Waals surface area contributed by atoms with Gasteiger partial charge in [-0.25, -0.2) is 0 Å². The Balaban J connectivity index is 2.05. The SMILES string of the molecule is COc1ccc2c(c1)C(=O)N1CCCC1C(OC)N2. The molecule has 2 heterocycles. The van der Waals surface area contributed by atoms with Crippen LogP contribution in [0.2, 0.25) is 0 Å². The molecule has 0 spiro atoms. The van der Waals surface area contributed by atoms with Gasteiger partial charge in [-0.05, 0) is 31.0 Å². The summed E-state index contributed by atoms with van der Waals surface area (Å²) in [5, 5.41) is 3.32. The van der Waals surface area contributed by atoms with Gasteiger partial charge in [0.15, 0.2) is 0 Å². The maximum absolute atomic E-state index is 12.6.